The molecule has 1 unspecified atom stereocenters. The van der Waals surface area contributed by atoms with Crippen molar-refractivity contribution in [1.29, 1.82) is 0 Å². The van der Waals surface area contributed by atoms with Crippen molar-refractivity contribution in [3.8, 4) is 0 Å². The fourth-order valence-electron chi connectivity index (χ4n) is 3.63. The summed E-state index contributed by atoms with van der Waals surface area (Å²) in [5.74, 6) is 1.26. The topological polar surface area (TPSA) is 0 Å². The van der Waals surface area contributed by atoms with Gasteiger partial charge in [0.2, 0.25) is 0 Å². The van der Waals surface area contributed by atoms with E-state index in [-0.39, 0.29) is 10.2 Å². The van der Waals surface area contributed by atoms with Crippen LogP contribution in [-0.4, -0.2) is 10.5 Å². The Kier molecular flexibility index (Phi) is 5.24. The van der Waals surface area contributed by atoms with Crippen molar-refractivity contribution in [2.75, 3.05) is 5.75 Å². The van der Waals surface area contributed by atoms with E-state index in [2.05, 4.69) is 76.8 Å². The van der Waals surface area contributed by atoms with E-state index in [1.165, 1.54) is 29.7 Å². The number of hydrogen-bond donors (Lipinski definition) is 0. The van der Waals surface area contributed by atoms with Gasteiger partial charge in [0, 0.05) is 10.2 Å². The summed E-state index contributed by atoms with van der Waals surface area (Å²) >= 11 is 2.19. The summed E-state index contributed by atoms with van der Waals surface area (Å²) in [6.07, 6.45) is 16.8. The molecule has 0 fully saturated rings. The molecule has 2 aliphatic rings. The van der Waals surface area contributed by atoms with Gasteiger partial charge in [-0.05, 0) is 44.4 Å². The van der Waals surface area contributed by atoms with E-state index in [0.29, 0.717) is 0 Å². The van der Waals surface area contributed by atoms with E-state index in [9.17, 15) is 0 Å². The lowest BCUT2D eigenvalue weighted by molar-refractivity contribution is 0.348. The number of rotatable bonds is 6. The average Bonchev–Trinajstić information content (AvgIpc) is 2.96. The van der Waals surface area contributed by atoms with Crippen molar-refractivity contribution in [1.82, 2.24) is 0 Å². The molecule has 0 aromatic carbocycles. The fraction of sp³-hybridized carbons (Fsp3) is 0.600. The molecular formula is C20H30S. The summed E-state index contributed by atoms with van der Waals surface area (Å²) < 4.78 is 0.211. The van der Waals surface area contributed by atoms with Crippen molar-refractivity contribution in [2.24, 2.45) is 5.41 Å². The van der Waals surface area contributed by atoms with Gasteiger partial charge in [-0.25, -0.2) is 0 Å². The zero-order valence-corrected chi connectivity index (χ0v) is 15.1. The number of unbranched alkanes of at least 4 members (excludes halogenated alkanes) is 1. The average molecular weight is 303 g/mol. The molecule has 0 amide bonds. The summed E-state index contributed by atoms with van der Waals surface area (Å²) in [6, 6.07) is 0. The van der Waals surface area contributed by atoms with Gasteiger partial charge in [-0.3, -0.25) is 0 Å². The molecule has 0 aromatic rings. The van der Waals surface area contributed by atoms with Crippen LogP contribution in [0.1, 0.15) is 60.3 Å². The molecule has 2 rings (SSSR count). The molecule has 0 radical (unpaired) electrons. The predicted octanol–water partition coefficient (Wildman–Crippen LogP) is 6.47. The SMILES string of the molecule is CCCCSC1(C(C)(C)C2=CCC=C2)CC=C(C)C=C1C. The van der Waals surface area contributed by atoms with Crippen molar-refractivity contribution in [3.63, 3.8) is 0 Å². The van der Waals surface area contributed by atoms with Crippen LogP contribution in [0.25, 0.3) is 0 Å². The van der Waals surface area contributed by atoms with Crippen molar-refractivity contribution in [2.45, 2.75) is 65.0 Å². The largest absolute Gasteiger partial charge is 0.149 e. The molecule has 21 heavy (non-hydrogen) atoms. The highest BCUT2D eigenvalue weighted by molar-refractivity contribution is 8.00. The van der Waals surface area contributed by atoms with E-state index in [0.717, 1.165) is 12.8 Å². The molecule has 0 bridgehead atoms. The monoisotopic (exact) mass is 302 g/mol. The van der Waals surface area contributed by atoms with E-state index in [1.54, 1.807) is 5.57 Å². The standard InChI is InChI=1S/C20H30S/c1-6-7-14-21-20(13-12-16(2)15-17(20)3)19(4,5)18-10-8-9-11-18/h8,10-12,15H,6-7,9,13-14H2,1-5H3. The minimum Gasteiger partial charge on any atom is -0.149 e. The summed E-state index contributed by atoms with van der Waals surface area (Å²) in [7, 11) is 0. The van der Waals surface area contributed by atoms with Gasteiger partial charge in [0.1, 0.15) is 0 Å². The maximum atomic E-state index is 2.44. The Morgan fingerprint density at radius 2 is 2.00 bits per heavy atom. The van der Waals surface area contributed by atoms with Crippen molar-refractivity contribution >= 4 is 11.8 Å². The van der Waals surface area contributed by atoms with E-state index in [1.807, 2.05) is 0 Å². The van der Waals surface area contributed by atoms with Crippen LogP contribution in [0, 0.1) is 5.41 Å². The summed E-state index contributed by atoms with van der Waals surface area (Å²) in [5, 5.41) is 0. The highest BCUT2D eigenvalue weighted by Gasteiger charge is 2.48. The van der Waals surface area contributed by atoms with Crippen LogP contribution in [0.5, 0.6) is 0 Å². The van der Waals surface area contributed by atoms with Gasteiger partial charge in [0.25, 0.3) is 0 Å². The molecule has 0 heterocycles. The lowest BCUT2D eigenvalue weighted by Gasteiger charge is -2.49. The summed E-state index contributed by atoms with van der Waals surface area (Å²) in [4.78, 5) is 0. The molecule has 0 spiro atoms. The Morgan fingerprint density at radius 1 is 1.24 bits per heavy atom. The highest BCUT2D eigenvalue weighted by Crippen LogP contribution is 2.56. The zero-order chi connectivity index (χ0) is 15.5. The van der Waals surface area contributed by atoms with Crippen LogP contribution in [-0.2, 0) is 0 Å². The molecule has 1 heteroatoms. The maximum absolute atomic E-state index is 2.44. The lowest BCUT2D eigenvalue weighted by Crippen LogP contribution is -2.44. The second-order valence-corrected chi connectivity index (χ2v) is 8.33. The van der Waals surface area contributed by atoms with E-state index in [4.69, 9.17) is 0 Å². The minimum atomic E-state index is 0.177. The zero-order valence-electron chi connectivity index (χ0n) is 14.3. The molecular weight excluding hydrogens is 272 g/mol. The van der Waals surface area contributed by atoms with Gasteiger partial charge in [0.15, 0.2) is 0 Å². The number of hydrogen-bond acceptors (Lipinski definition) is 1. The molecule has 0 aliphatic heterocycles. The molecule has 0 saturated carbocycles. The van der Waals surface area contributed by atoms with Crippen LogP contribution in [0.4, 0.5) is 0 Å². The second kappa shape index (κ2) is 6.60. The van der Waals surface area contributed by atoms with Crippen LogP contribution >= 0.6 is 11.8 Å². The molecule has 0 aromatic heterocycles. The Hall–Kier alpha value is -0.690. The van der Waals surface area contributed by atoms with Gasteiger partial charge < -0.3 is 0 Å². The van der Waals surface area contributed by atoms with Gasteiger partial charge >= 0.3 is 0 Å². The first kappa shape index (κ1) is 16.7. The molecule has 0 N–H and O–H groups in total. The number of allylic oxidation sites excluding steroid dienone is 7. The first-order valence-corrected chi connectivity index (χ1v) is 9.29. The third-order valence-corrected chi connectivity index (χ3v) is 7.13. The van der Waals surface area contributed by atoms with Crippen molar-refractivity contribution < 1.29 is 0 Å². The van der Waals surface area contributed by atoms with Gasteiger partial charge in [-0.2, -0.15) is 0 Å². The third-order valence-electron chi connectivity index (χ3n) is 5.14. The highest BCUT2D eigenvalue weighted by atomic mass is 32.2. The number of thioether (sulfide) groups is 1. The Labute approximate surface area is 135 Å². The Balaban J connectivity index is 2.37. The Morgan fingerprint density at radius 3 is 2.57 bits per heavy atom. The van der Waals surface area contributed by atoms with E-state index >= 15 is 0 Å². The lowest BCUT2D eigenvalue weighted by atomic mass is 9.66. The van der Waals surface area contributed by atoms with Crippen LogP contribution < -0.4 is 0 Å². The third kappa shape index (κ3) is 3.08. The van der Waals surface area contributed by atoms with Crippen LogP contribution in [0.2, 0.25) is 0 Å². The van der Waals surface area contributed by atoms with E-state index < -0.39 is 0 Å². The van der Waals surface area contributed by atoms with Gasteiger partial charge in [-0.15, -0.1) is 11.8 Å². The Bertz CT molecular complexity index is 502. The molecule has 0 saturated heterocycles. The maximum Gasteiger partial charge on any atom is 0.0494 e. The van der Waals surface area contributed by atoms with Crippen molar-refractivity contribution in [3.05, 3.63) is 47.1 Å². The fourth-order valence-corrected chi connectivity index (χ4v) is 5.38. The molecule has 0 nitrogen and oxygen atoms in total. The normalized spacial score (nSPS) is 25.7. The first-order valence-electron chi connectivity index (χ1n) is 8.30. The summed E-state index contributed by atoms with van der Waals surface area (Å²) in [6.45, 7) is 11.7. The second-order valence-electron chi connectivity index (χ2n) is 6.93. The minimum absolute atomic E-state index is 0.177. The van der Waals surface area contributed by atoms with Crippen LogP contribution in [0.3, 0.4) is 0 Å². The van der Waals surface area contributed by atoms with Crippen LogP contribution in [0.15, 0.2) is 47.1 Å². The first-order chi connectivity index (χ1) is 9.94. The smallest absolute Gasteiger partial charge is 0.0494 e. The predicted molar refractivity (Wildman–Crippen MR) is 97.8 cm³/mol. The quantitative estimate of drug-likeness (QED) is 0.507. The van der Waals surface area contributed by atoms with Gasteiger partial charge in [0.05, 0.1) is 0 Å². The molecule has 1 atom stereocenters. The van der Waals surface area contributed by atoms with Gasteiger partial charge in [-0.1, -0.05) is 68.7 Å². The summed E-state index contributed by atoms with van der Waals surface area (Å²) in [5.41, 5.74) is 4.67. The molecule has 116 valence electrons. The molecule has 2 aliphatic carbocycles.